The summed E-state index contributed by atoms with van der Waals surface area (Å²) in [4.78, 5) is 11.4. The average molecular weight is 315 g/mol. The fraction of sp³-hybridized carbons (Fsp3) is 0.0833. The molecule has 0 amide bonds. The zero-order valence-electron chi connectivity index (χ0n) is 11.0. The first-order valence-electron chi connectivity index (χ1n) is 5.13. The first-order chi connectivity index (χ1) is 8.61. The predicted molar refractivity (Wildman–Crippen MR) is 72.1 cm³/mol. The summed E-state index contributed by atoms with van der Waals surface area (Å²) in [5, 5.41) is 23.4. The molecule has 0 atom stereocenters. The van der Waals surface area contributed by atoms with Crippen molar-refractivity contribution in [1.82, 2.24) is 0 Å². The Morgan fingerprint density at radius 3 is 2.65 bits per heavy atom. The molecule has 2 aromatic rings. The second-order valence-corrected chi connectivity index (χ2v) is 4.87. The summed E-state index contributed by atoms with van der Waals surface area (Å²) < 4.78 is 0. The molecule has 0 spiro atoms. The molecule has 0 unspecified atom stereocenters. The number of rotatable bonds is 3. The molecule has 0 aliphatic heterocycles. The minimum atomic E-state index is -0.450. The third-order valence-corrected chi connectivity index (χ3v) is 3.29. The van der Waals surface area contributed by atoms with Crippen molar-refractivity contribution in [2.75, 3.05) is 5.32 Å². The van der Waals surface area contributed by atoms with Crippen molar-refractivity contribution in [2.24, 2.45) is 0 Å². The van der Waals surface area contributed by atoms with Crippen LogP contribution >= 0.6 is 11.3 Å². The Kier molecular flexibility index (Phi) is 8.15. The molecule has 0 radical (unpaired) electrons. The minimum absolute atomic E-state index is 0. The van der Waals surface area contributed by atoms with Crippen LogP contribution in [0.5, 0.6) is 0 Å². The van der Waals surface area contributed by atoms with Crippen LogP contribution in [0.4, 0.5) is 16.4 Å². The van der Waals surface area contributed by atoms with Crippen molar-refractivity contribution in [3.8, 4) is 6.07 Å². The van der Waals surface area contributed by atoms with Crippen LogP contribution < -0.4 is 56.7 Å². The third-order valence-electron chi connectivity index (χ3n) is 2.32. The number of para-hydroxylation sites is 2. The predicted octanol–water partition coefficient (Wildman–Crippen LogP) is 0.407. The monoisotopic (exact) mass is 315 g/mol. The number of anilines is 2. The Hall–Kier alpha value is -0.794. The minimum Gasteiger partial charge on any atom is -0.870 e. The van der Waals surface area contributed by atoms with E-state index in [1.807, 2.05) is 6.92 Å². The molecule has 98 valence electrons. The average Bonchev–Trinajstić information content (AvgIpc) is 2.70. The standard InChI is InChI=1S/C12H9N3O2S.K.H2O/c1-8-6-9(7-13)12(18-8)14-10-4-2-3-5-11(10)15(16)17;;/h2-6,14H,1H3;;1H2/q;+1;/p-1. The zero-order valence-corrected chi connectivity index (χ0v) is 14.9. The Bertz CT molecular complexity index is 652. The van der Waals surface area contributed by atoms with Gasteiger partial charge in [-0.2, -0.15) is 5.26 Å². The van der Waals surface area contributed by atoms with E-state index in [0.29, 0.717) is 16.3 Å². The maximum absolute atomic E-state index is 10.9. The summed E-state index contributed by atoms with van der Waals surface area (Å²) in [7, 11) is 0. The van der Waals surface area contributed by atoms with Gasteiger partial charge in [0, 0.05) is 10.9 Å². The van der Waals surface area contributed by atoms with Crippen molar-refractivity contribution >= 4 is 27.7 Å². The van der Waals surface area contributed by atoms with E-state index >= 15 is 0 Å². The number of thiophene rings is 1. The van der Waals surface area contributed by atoms with Gasteiger partial charge in [-0.1, -0.05) is 12.1 Å². The molecule has 20 heavy (non-hydrogen) atoms. The van der Waals surface area contributed by atoms with Crippen LogP contribution in [-0.2, 0) is 0 Å². The van der Waals surface area contributed by atoms with Crippen LogP contribution in [0.15, 0.2) is 30.3 Å². The first kappa shape index (κ1) is 19.2. The Morgan fingerprint density at radius 2 is 2.05 bits per heavy atom. The largest absolute Gasteiger partial charge is 1.00 e. The van der Waals surface area contributed by atoms with Crippen LogP contribution in [-0.4, -0.2) is 10.4 Å². The quantitative estimate of drug-likeness (QED) is 0.501. The Morgan fingerprint density at radius 1 is 1.40 bits per heavy atom. The number of hydrogen-bond acceptors (Lipinski definition) is 6. The molecule has 0 fully saturated rings. The molecule has 1 heterocycles. The maximum Gasteiger partial charge on any atom is 1.00 e. The van der Waals surface area contributed by atoms with Crippen LogP contribution in [0.1, 0.15) is 10.4 Å². The molecule has 1 aromatic carbocycles. The van der Waals surface area contributed by atoms with Crippen molar-refractivity contribution in [3.05, 3.63) is 50.9 Å². The van der Waals surface area contributed by atoms with Gasteiger partial charge in [0.05, 0.1) is 10.5 Å². The van der Waals surface area contributed by atoms with Gasteiger partial charge >= 0.3 is 51.4 Å². The van der Waals surface area contributed by atoms with Crippen molar-refractivity contribution < 1.29 is 61.8 Å². The molecule has 2 N–H and O–H groups in total. The molecule has 0 saturated carbocycles. The fourth-order valence-electron chi connectivity index (χ4n) is 1.55. The molecule has 0 aliphatic rings. The summed E-state index contributed by atoms with van der Waals surface area (Å²) in [6.45, 7) is 1.89. The van der Waals surface area contributed by atoms with E-state index in [1.54, 1.807) is 24.3 Å². The number of nitriles is 1. The summed E-state index contributed by atoms with van der Waals surface area (Å²) in [6.07, 6.45) is 0. The molecule has 0 saturated heterocycles. The summed E-state index contributed by atoms with van der Waals surface area (Å²) in [6, 6.07) is 10.2. The number of nitrogens with one attached hydrogen (secondary N) is 1. The molecular weight excluding hydrogens is 305 g/mol. The van der Waals surface area contributed by atoms with E-state index in [0.717, 1.165) is 4.88 Å². The number of nitrogens with zero attached hydrogens (tertiary/aromatic N) is 2. The van der Waals surface area contributed by atoms with Crippen LogP contribution in [0.2, 0.25) is 0 Å². The second kappa shape index (κ2) is 8.48. The molecule has 2 rings (SSSR count). The van der Waals surface area contributed by atoms with Gasteiger partial charge in [0.15, 0.2) is 0 Å². The molecular formula is C12H10KN3O3S. The maximum atomic E-state index is 10.9. The molecule has 0 bridgehead atoms. The van der Waals surface area contributed by atoms with Gasteiger partial charge in [0.25, 0.3) is 5.69 Å². The number of nitro groups is 1. The molecule has 1 aromatic heterocycles. The van der Waals surface area contributed by atoms with Crippen molar-refractivity contribution in [1.29, 1.82) is 5.26 Å². The Labute approximate surface area is 162 Å². The van der Waals surface area contributed by atoms with Gasteiger partial charge in [0.1, 0.15) is 16.8 Å². The third kappa shape index (κ3) is 4.36. The summed E-state index contributed by atoms with van der Waals surface area (Å²) >= 11 is 1.40. The van der Waals surface area contributed by atoms with E-state index < -0.39 is 4.92 Å². The van der Waals surface area contributed by atoms with Gasteiger partial charge in [-0.05, 0) is 19.1 Å². The summed E-state index contributed by atoms with van der Waals surface area (Å²) in [5.41, 5.74) is 0.879. The molecule has 6 nitrogen and oxygen atoms in total. The fourth-order valence-corrected chi connectivity index (χ4v) is 2.43. The zero-order chi connectivity index (χ0) is 13.1. The van der Waals surface area contributed by atoms with Crippen LogP contribution in [0.25, 0.3) is 0 Å². The molecule has 8 heteroatoms. The second-order valence-electron chi connectivity index (χ2n) is 3.61. The van der Waals surface area contributed by atoms with E-state index in [-0.39, 0.29) is 62.5 Å². The number of nitro benzene ring substituents is 1. The van der Waals surface area contributed by atoms with Gasteiger partial charge in [-0.25, -0.2) is 0 Å². The Balaban J connectivity index is 0.00000180. The summed E-state index contributed by atoms with van der Waals surface area (Å²) in [5.74, 6) is 0. The number of hydrogen-bond donors (Lipinski definition) is 1. The topological polar surface area (TPSA) is 109 Å². The number of aryl methyl sites for hydroxylation is 1. The van der Waals surface area contributed by atoms with Gasteiger partial charge in [-0.15, -0.1) is 11.3 Å². The van der Waals surface area contributed by atoms with Crippen molar-refractivity contribution in [3.63, 3.8) is 0 Å². The molecule has 0 aliphatic carbocycles. The van der Waals surface area contributed by atoms with Crippen LogP contribution in [0, 0.1) is 28.4 Å². The normalized spacial score (nSPS) is 8.80. The van der Waals surface area contributed by atoms with Gasteiger partial charge < -0.3 is 10.8 Å². The SMILES string of the molecule is Cc1cc(C#N)c(Nc2ccccc2[N+](=O)[O-])s1.[K+].[OH-]. The van der Waals surface area contributed by atoms with E-state index in [9.17, 15) is 10.1 Å². The smallest absolute Gasteiger partial charge is 0.870 e. The van der Waals surface area contributed by atoms with E-state index in [1.165, 1.54) is 17.4 Å². The van der Waals surface area contributed by atoms with Crippen LogP contribution in [0.3, 0.4) is 0 Å². The van der Waals surface area contributed by atoms with E-state index in [4.69, 9.17) is 5.26 Å². The van der Waals surface area contributed by atoms with Gasteiger partial charge in [-0.3, -0.25) is 10.1 Å². The number of benzene rings is 1. The van der Waals surface area contributed by atoms with Gasteiger partial charge in [0.2, 0.25) is 0 Å². The van der Waals surface area contributed by atoms with Crippen molar-refractivity contribution in [2.45, 2.75) is 6.92 Å². The first-order valence-corrected chi connectivity index (χ1v) is 5.94. The van der Waals surface area contributed by atoms with E-state index in [2.05, 4.69) is 11.4 Å².